The number of fused-ring (bicyclic) bond motifs is 1. The maximum absolute atomic E-state index is 13.4. The Kier molecular flexibility index (Phi) is 6.61. The molecule has 0 bridgehead atoms. The van der Waals surface area contributed by atoms with Crippen molar-refractivity contribution in [2.24, 2.45) is 0 Å². The fourth-order valence-electron chi connectivity index (χ4n) is 3.85. The molecule has 0 aliphatic rings. The third kappa shape index (κ3) is 4.63. The number of furan rings is 1. The van der Waals surface area contributed by atoms with Crippen LogP contribution >= 0.6 is 0 Å². The zero-order valence-corrected chi connectivity index (χ0v) is 20.1. The number of para-hydroxylation sites is 1. The van der Waals surface area contributed by atoms with E-state index in [1.54, 1.807) is 37.5 Å². The number of carbonyl (C=O) groups is 1. The van der Waals surface area contributed by atoms with Crippen LogP contribution in [0.1, 0.15) is 18.1 Å². The molecule has 0 unspecified atom stereocenters. The molecule has 1 amide bonds. The first-order chi connectivity index (χ1) is 16.3. The van der Waals surface area contributed by atoms with Gasteiger partial charge >= 0.3 is 0 Å². The summed E-state index contributed by atoms with van der Waals surface area (Å²) in [6, 6.07) is 19.1. The number of amides is 1. The highest BCUT2D eigenvalue weighted by atomic mass is 32.2. The maximum atomic E-state index is 13.4. The molecule has 0 atom stereocenters. The predicted octanol–water partition coefficient (Wildman–Crippen LogP) is 5.15. The minimum absolute atomic E-state index is 0.0542. The lowest BCUT2D eigenvalue weighted by Gasteiger charge is -2.23. The summed E-state index contributed by atoms with van der Waals surface area (Å²) in [5.41, 5.74) is 3.37. The molecule has 0 saturated heterocycles. The highest BCUT2D eigenvalue weighted by molar-refractivity contribution is 7.92. The second kappa shape index (κ2) is 9.61. The fourth-order valence-corrected chi connectivity index (χ4v) is 5.35. The Balaban J connectivity index is 1.61. The number of hydrogen-bond donors (Lipinski definition) is 1. The average Bonchev–Trinajstić information content (AvgIpc) is 3.21. The van der Waals surface area contributed by atoms with Crippen molar-refractivity contribution in [3.05, 3.63) is 84.1 Å². The number of anilines is 2. The quantitative estimate of drug-likeness (QED) is 0.379. The number of ether oxygens (including phenoxy) is 1. The molecule has 34 heavy (non-hydrogen) atoms. The Bertz CT molecular complexity index is 1430. The van der Waals surface area contributed by atoms with Gasteiger partial charge in [0, 0.05) is 17.5 Å². The second-order valence-corrected chi connectivity index (χ2v) is 9.72. The number of sulfonamides is 1. The Morgan fingerprint density at radius 2 is 1.82 bits per heavy atom. The van der Waals surface area contributed by atoms with E-state index < -0.39 is 10.0 Å². The van der Waals surface area contributed by atoms with Crippen LogP contribution in [-0.2, 0) is 21.2 Å². The molecule has 1 heterocycles. The summed E-state index contributed by atoms with van der Waals surface area (Å²) in [7, 11) is -2.39. The van der Waals surface area contributed by atoms with Gasteiger partial charge in [-0.3, -0.25) is 9.10 Å². The first-order valence-corrected chi connectivity index (χ1v) is 12.3. The minimum atomic E-state index is -3.86. The zero-order chi connectivity index (χ0) is 24.3. The number of nitrogens with one attached hydrogen (secondary N) is 1. The third-order valence-corrected chi connectivity index (χ3v) is 7.43. The standard InChI is InChI=1S/C26H26N2O5S/c1-4-28(20-8-6-5-7-9-20)34(30,31)21-11-13-24(32-3)23(16-21)27-26(29)15-19-17-33-25-14-18(2)10-12-22(19)25/h5-14,16-17H,4,15H2,1-3H3,(H,27,29). The van der Waals surface area contributed by atoms with Crippen LogP contribution < -0.4 is 14.4 Å². The average molecular weight is 479 g/mol. The molecule has 0 aliphatic carbocycles. The predicted molar refractivity (Wildman–Crippen MR) is 133 cm³/mol. The second-order valence-electron chi connectivity index (χ2n) is 7.85. The van der Waals surface area contributed by atoms with E-state index in [0.717, 1.165) is 16.5 Å². The Hall–Kier alpha value is -3.78. The summed E-state index contributed by atoms with van der Waals surface area (Å²) >= 11 is 0. The van der Waals surface area contributed by atoms with E-state index in [0.29, 0.717) is 17.0 Å². The lowest BCUT2D eigenvalue weighted by molar-refractivity contribution is -0.115. The van der Waals surface area contributed by atoms with Crippen LogP contribution in [0.4, 0.5) is 11.4 Å². The topological polar surface area (TPSA) is 88.9 Å². The van der Waals surface area contributed by atoms with E-state index in [1.807, 2.05) is 31.2 Å². The van der Waals surface area contributed by atoms with Gasteiger partial charge < -0.3 is 14.5 Å². The van der Waals surface area contributed by atoms with Crippen LogP contribution in [0.2, 0.25) is 0 Å². The molecular formula is C26H26N2O5S. The Labute approximate surface area is 199 Å². The summed E-state index contributed by atoms with van der Waals surface area (Å²) in [5.74, 6) is 0.0502. The summed E-state index contributed by atoms with van der Waals surface area (Å²) in [6.45, 7) is 4.00. The van der Waals surface area contributed by atoms with Gasteiger partial charge in [-0.1, -0.05) is 30.3 Å². The van der Waals surface area contributed by atoms with Crippen molar-refractivity contribution < 1.29 is 22.4 Å². The number of hydrogen-bond acceptors (Lipinski definition) is 5. The molecule has 0 saturated carbocycles. The molecule has 4 rings (SSSR count). The van der Waals surface area contributed by atoms with Crippen LogP contribution in [-0.4, -0.2) is 28.0 Å². The van der Waals surface area contributed by atoms with Crippen LogP contribution in [0.15, 0.2) is 82.3 Å². The number of rotatable bonds is 8. The normalized spacial score (nSPS) is 11.4. The number of aryl methyl sites for hydroxylation is 1. The fraction of sp³-hybridized carbons (Fsp3) is 0.192. The smallest absolute Gasteiger partial charge is 0.264 e. The molecule has 0 aliphatic heterocycles. The van der Waals surface area contributed by atoms with E-state index in [9.17, 15) is 13.2 Å². The van der Waals surface area contributed by atoms with Crippen LogP contribution in [0.5, 0.6) is 5.75 Å². The summed E-state index contributed by atoms with van der Waals surface area (Å²) < 4.78 is 39.0. The zero-order valence-electron chi connectivity index (χ0n) is 19.2. The van der Waals surface area contributed by atoms with Gasteiger partial charge in [0.25, 0.3) is 10.0 Å². The van der Waals surface area contributed by atoms with Gasteiger partial charge in [0.05, 0.1) is 36.1 Å². The van der Waals surface area contributed by atoms with Gasteiger partial charge in [-0.05, 0) is 55.8 Å². The highest BCUT2D eigenvalue weighted by Crippen LogP contribution is 2.31. The van der Waals surface area contributed by atoms with Gasteiger partial charge in [0.2, 0.25) is 5.91 Å². The number of methoxy groups -OCH3 is 1. The van der Waals surface area contributed by atoms with Crippen LogP contribution in [0.3, 0.4) is 0 Å². The minimum Gasteiger partial charge on any atom is -0.495 e. The van der Waals surface area contributed by atoms with E-state index in [-0.39, 0.29) is 29.5 Å². The molecule has 0 radical (unpaired) electrons. The molecule has 1 aromatic heterocycles. The first kappa shape index (κ1) is 23.4. The monoisotopic (exact) mass is 478 g/mol. The molecule has 3 aromatic carbocycles. The number of carbonyl (C=O) groups excluding carboxylic acids is 1. The van der Waals surface area contributed by atoms with E-state index in [2.05, 4.69) is 5.32 Å². The van der Waals surface area contributed by atoms with Gasteiger partial charge in [0.1, 0.15) is 11.3 Å². The molecular weight excluding hydrogens is 452 g/mol. The van der Waals surface area contributed by atoms with Crippen LogP contribution in [0, 0.1) is 6.92 Å². The van der Waals surface area contributed by atoms with Crippen molar-refractivity contribution in [2.45, 2.75) is 25.2 Å². The van der Waals surface area contributed by atoms with Crippen molar-refractivity contribution in [3.63, 3.8) is 0 Å². The first-order valence-electron chi connectivity index (χ1n) is 10.9. The Morgan fingerprint density at radius 1 is 1.06 bits per heavy atom. The van der Waals surface area contributed by atoms with E-state index in [1.165, 1.54) is 29.6 Å². The van der Waals surface area contributed by atoms with Gasteiger partial charge in [-0.15, -0.1) is 0 Å². The lowest BCUT2D eigenvalue weighted by atomic mass is 10.1. The summed E-state index contributed by atoms with van der Waals surface area (Å²) in [6.07, 6.45) is 1.64. The molecule has 7 nitrogen and oxygen atoms in total. The van der Waals surface area contributed by atoms with Crippen LogP contribution in [0.25, 0.3) is 11.0 Å². The summed E-state index contributed by atoms with van der Waals surface area (Å²) in [4.78, 5) is 12.9. The van der Waals surface area contributed by atoms with Crippen molar-refractivity contribution in [2.75, 3.05) is 23.3 Å². The van der Waals surface area contributed by atoms with Gasteiger partial charge in [-0.25, -0.2) is 8.42 Å². The van der Waals surface area contributed by atoms with Crippen molar-refractivity contribution in [1.82, 2.24) is 0 Å². The Morgan fingerprint density at radius 3 is 2.53 bits per heavy atom. The molecule has 4 aromatic rings. The number of benzene rings is 3. The number of nitrogens with zero attached hydrogens (tertiary/aromatic N) is 1. The molecule has 176 valence electrons. The van der Waals surface area contributed by atoms with Crippen molar-refractivity contribution in [1.29, 1.82) is 0 Å². The van der Waals surface area contributed by atoms with Crippen molar-refractivity contribution in [3.8, 4) is 5.75 Å². The maximum Gasteiger partial charge on any atom is 0.264 e. The molecule has 0 spiro atoms. The van der Waals surface area contributed by atoms with Gasteiger partial charge in [-0.2, -0.15) is 0 Å². The molecule has 0 fully saturated rings. The lowest BCUT2D eigenvalue weighted by Crippen LogP contribution is -2.30. The SMILES string of the molecule is CCN(c1ccccc1)S(=O)(=O)c1ccc(OC)c(NC(=O)Cc2coc3cc(C)ccc23)c1. The third-order valence-electron chi connectivity index (χ3n) is 5.53. The summed E-state index contributed by atoms with van der Waals surface area (Å²) in [5, 5.41) is 3.66. The van der Waals surface area contributed by atoms with E-state index >= 15 is 0 Å². The largest absolute Gasteiger partial charge is 0.495 e. The molecule has 1 N–H and O–H groups in total. The van der Waals surface area contributed by atoms with E-state index in [4.69, 9.17) is 9.15 Å². The highest BCUT2D eigenvalue weighted by Gasteiger charge is 2.25. The van der Waals surface area contributed by atoms with Crippen molar-refractivity contribution >= 4 is 38.3 Å². The van der Waals surface area contributed by atoms with Gasteiger partial charge in [0.15, 0.2) is 0 Å². The molecule has 8 heteroatoms.